The maximum absolute atomic E-state index is 12.9. The number of nitrogen functional groups attached to an aromatic ring is 1. The molecule has 8 heteroatoms. The summed E-state index contributed by atoms with van der Waals surface area (Å²) in [4.78, 5) is 11.7. The van der Waals surface area contributed by atoms with Crippen molar-refractivity contribution in [1.82, 2.24) is 9.29 Å². The number of benzene rings is 2. The van der Waals surface area contributed by atoms with Crippen molar-refractivity contribution in [3.05, 3.63) is 58.1 Å². The zero-order valence-electron chi connectivity index (χ0n) is 14.2. The van der Waals surface area contributed by atoms with E-state index in [1.807, 2.05) is 12.1 Å². The van der Waals surface area contributed by atoms with E-state index < -0.39 is 15.8 Å². The molecule has 0 fully saturated rings. The van der Waals surface area contributed by atoms with Crippen LogP contribution in [0.4, 0.5) is 5.69 Å². The quantitative estimate of drug-likeness (QED) is 0.684. The number of fused-ring (bicyclic) bond motifs is 2. The van der Waals surface area contributed by atoms with Gasteiger partial charge in [0.05, 0.1) is 10.4 Å². The van der Waals surface area contributed by atoms with Crippen molar-refractivity contribution in [2.75, 3.05) is 5.73 Å². The molecular formula is C18H19N3O4S. The maximum atomic E-state index is 12.9. The SMILES string of the molecule is Cn1c(=O)oc2cc(S(=O)(=O)NC3CCCc4cc(N)ccc43)ccc21. The van der Waals surface area contributed by atoms with Gasteiger partial charge in [0.2, 0.25) is 10.0 Å². The largest absolute Gasteiger partial charge is 0.419 e. The van der Waals surface area contributed by atoms with E-state index >= 15 is 0 Å². The first-order valence-corrected chi connectivity index (χ1v) is 9.84. The van der Waals surface area contributed by atoms with E-state index in [1.165, 1.54) is 16.7 Å². The first kappa shape index (κ1) is 16.9. The van der Waals surface area contributed by atoms with Gasteiger partial charge in [-0.15, -0.1) is 0 Å². The molecule has 26 heavy (non-hydrogen) atoms. The molecule has 7 nitrogen and oxygen atoms in total. The third kappa shape index (κ3) is 2.81. The minimum Gasteiger partial charge on any atom is -0.408 e. The Bertz CT molecular complexity index is 1160. The predicted octanol–water partition coefficient (Wildman–Crippen LogP) is 2.07. The molecule has 0 aliphatic heterocycles. The zero-order valence-corrected chi connectivity index (χ0v) is 15.0. The van der Waals surface area contributed by atoms with Crippen LogP contribution in [0.15, 0.2) is 50.5 Å². The van der Waals surface area contributed by atoms with Gasteiger partial charge in [-0.05, 0) is 54.7 Å². The molecule has 3 N–H and O–H groups in total. The minimum atomic E-state index is -3.76. The second-order valence-corrected chi connectivity index (χ2v) is 8.29. The van der Waals surface area contributed by atoms with Gasteiger partial charge in [-0.25, -0.2) is 17.9 Å². The lowest BCUT2D eigenvalue weighted by Gasteiger charge is -2.26. The van der Waals surface area contributed by atoms with E-state index in [-0.39, 0.29) is 16.5 Å². The summed E-state index contributed by atoms with van der Waals surface area (Å²) in [5, 5.41) is 0. The number of hydrogen-bond acceptors (Lipinski definition) is 5. The van der Waals surface area contributed by atoms with Gasteiger partial charge >= 0.3 is 5.76 Å². The molecule has 1 heterocycles. The number of nitrogens with zero attached hydrogens (tertiary/aromatic N) is 1. The van der Waals surface area contributed by atoms with Crippen LogP contribution >= 0.6 is 0 Å². The third-order valence-corrected chi connectivity index (χ3v) is 6.32. The van der Waals surface area contributed by atoms with Gasteiger partial charge in [0.1, 0.15) is 0 Å². The van der Waals surface area contributed by atoms with Crippen molar-refractivity contribution >= 4 is 26.8 Å². The van der Waals surface area contributed by atoms with E-state index in [9.17, 15) is 13.2 Å². The fourth-order valence-electron chi connectivity index (χ4n) is 3.49. The number of rotatable bonds is 3. The Morgan fingerprint density at radius 2 is 2.04 bits per heavy atom. The van der Waals surface area contributed by atoms with Gasteiger partial charge in [-0.2, -0.15) is 0 Å². The summed E-state index contributed by atoms with van der Waals surface area (Å²) in [5.74, 6) is -0.527. The van der Waals surface area contributed by atoms with E-state index in [0.29, 0.717) is 11.2 Å². The molecule has 1 aliphatic rings. The molecule has 1 atom stereocenters. The lowest BCUT2D eigenvalue weighted by Crippen LogP contribution is -2.31. The number of hydrogen-bond donors (Lipinski definition) is 2. The second-order valence-electron chi connectivity index (χ2n) is 6.58. The van der Waals surface area contributed by atoms with Crippen molar-refractivity contribution in [3.8, 4) is 0 Å². The number of nitrogens with two attached hydrogens (primary N) is 1. The number of aryl methyl sites for hydroxylation is 2. The maximum Gasteiger partial charge on any atom is 0.419 e. The summed E-state index contributed by atoms with van der Waals surface area (Å²) in [6.07, 6.45) is 2.49. The summed E-state index contributed by atoms with van der Waals surface area (Å²) in [6.45, 7) is 0. The average molecular weight is 373 g/mol. The fraction of sp³-hybridized carbons (Fsp3) is 0.278. The topological polar surface area (TPSA) is 107 Å². The Morgan fingerprint density at radius 3 is 2.85 bits per heavy atom. The van der Waals surface area contributed by atoms with E-state index in [1.54, 1.807) is 19.2 Å². The highest BCUT2D eigenvalue weighted by Gasteiger charge is 2.26. The highest BCUT2D eigenvalue weighted by atomic mass is 32.2. The minimum absolute atomic E-state index is 0.0712. The Hall–Kier alpha value is -2.58. The lowest BCUT2D eigenvalue weighted by molar-refractivity contribution is 0.507. The van der Waals surface area contributed by atoms with Crippen LogP contribution in [0.1, 0.15) is 30.0 Å². The Morgan fingerprint density at radius 1 is 1.23 bits per heavy atom. The number of sulfonamides is 1. The summed E-state index contributed by atoms with van der Waals surface area (Å²) in [5.41, 5.74) is 9.35. The van der Waals surface area contributed by atoms with Crippen LogP contribution in [0.2, 0.25) is 0 Å². The lowest BCUT2D eigenvalue weighted by atomic mass is 9.88. The summed E-state index contributed by atoms with van der Waals surface area (Å²) < 4.78 is 34.9. The van der Waals surface area contributed by atoms with Crippen molar-refractivity contribution in [3.63, 3.8) is 0 Å². The van der Waals surface area contributed by atoms with Crippen LogP contribution in [-0.2, 0) is 23.5 Å². The normalized spacial score (nSPS) is 17.3. The van der Waals surface area contributed by atoms with Crippen molar-refractivity contribution in [2.24, 2.45) is 7.05 Å². The molecule has 0 saturated carbocycles. The van der Waals surface area contributed by atoms with Crippen molar-refractivity contribution < 1.29 is 12.8 Å². The van der Waals surface area contributed by atoms with E-state index in [2.05, 4.69) is 4.72 Å². The van der Waals surface area contributed by atoms with Crippen LogP contribution in [0, 0.1) is 0 Å². The molecule has 136 valence electrons. The highest BCUT2D eigenvalue weighted by Crippen LogP contribution is 2.32. The van der Waals surface area contributed by atoms with Crippen LogP contribution in [-0.4, -0.2) is 13.0 Å². The molecule has 4 rings (SSSR count). The smallest absolute Gasteiger partial charge is 0.408 e. The standard InChI is InChI=1S/C18H19N3O4S/c1-21-16-8-6-13(10-17(16)25-18(21)22)26(23,24)20-15-4-2-3-11-9-12(19)5-7-14(11)15/h5-10,15,20H,2-4,19H2,1H3. The van der Waals surface area contributed by atoms with Crippen molar-refractivity contribution in [2.45, 2.75) is 30.2 Å². The van der Waals surface area contributed by atoms with Gasteiger partial charge in [-0.1, -0.05) is 6.07 Å². The van der Waals surface area contributed by atoms with E-state index in [0.717, 1.165) is 30.4 Å². The number of aromatic nitrogens is 1. The van der Waals surface area contributed by atoms with Gasteiger partial charge in [0.25, 0.3) is 0 Å². The molecule has 1 aromatic heterocycles. The molecule has 0 spiro atoms. The van der Waals surface area contributed by atoms with Crippen LogP contribution in [0.25, 0.3) is 11.1 Å². The van der Waals surface area contributed by atoms with Gasteiger partial charge < -0.3 is 10.2 Å². The monoisotopic (exact) mass is 373 g/mol. The Kier molecular flexibility index (Phi) is 3.89. The number of nitrogens with one attached hydrogen (secondary N) is 1. The molecule has 0 radical (unpaired) electrons. The number of anilines is 1. The van der Waals surface area contributed by atoms with Crippen LogP contribution in [0.3, 0.4) is 0 Å². The van der Waals surface area contributed by atoms with Gasteiger partial charge in [0, 0.05) is 24.8 Å². The summed E-state index contributed by atoms with van der Waals surface area (Å²) >= 11 is 0. The molecule has 3 aromatic rings. The van der Waals surface area contributed by atoms with Crippen LogP contribution < -0.4 is 16.2 Å². The van der Waals surface area contributed by atoms with Crippen LogP contribution in [0.5, 0.6) is 0 Å². The fourth-order valence-corrected chi connectivity index (χ4v) is 4.76. The molecule has 1 unspecified atom stereocenters. The molecule has 0 bridgehead atoms. The molecule has 0 saturated heterocycles. The number of oxazole rings is 1. The average Bonchev–Trinajstić information content (AvgIpc) is 2.88. The molecule has 2 aromatic carbocycles. The van der Waals surface area contributed by atoms with Gasteiger partial charge in [0.15, 0.2) is 5.58 Å². The van der Waals surface area contributed by atoms with Gasteiger partial charge in [-0.3, -0.25) is 4.57 Å². The highest BCUT2D eigenvalue weighted by molar-refractivity contribution is 7.89. The first-order chi connectivity index (χ1) is 12.3. The Balaban J connectivity index is 1.69. The van der Waals surface area contributed by atoms with E-state index in [4.69, 9.17) is 10.2 Å². The summed E-state index contributed by atoms with van der Waals surface area (Å²) in [7, 11) is -2.19. The molecule has 0 amide bonds. The summed E-state index contributed by atoms with van der Waals surface area (Å²) in [6, 6.07) is 9.71. The van der Waals surface area contributed by atoms with Crippen molar-refractivity contribution in [1.29, 1.82) is 0 Å². The molecule has 1 aliphatic carbocycles. The third-order valence-electron chi connectivity index (χ3n) is 4.85. The second kappa shape index (κ2) is 6.00. The predicted molar refractivity (Wildman–Crippen MR) is 98.3 cm³/mol. The molecular weight excluding hydrogens is 354 g/mol. The Labute approximate surface area is 150 Å². The zero-order chi connectivity index (χ0) is 18.5. The first-order valence-electron chi connectivity index (χ1n) is 8.35.